The van der Waals surface area contributed by atoms with Crippen LogP contribution in [-0.2, 0) is 15.4 Å². The molecule has 2 rings (SSSR count). The molecule has 2 aromatic rings. The van der Waals surface area contributed by atoms with Crippen LogP contribution in [0.3, 0.4) is 0 Å². The molecule has 0 spiro atoms. The van der Waals surface area contributed by atoms with Crippen molar-refractivity contribution in [1.29, 1.82) is 0 Å². The van der Waals surface area contributed by atoms with Gasteiger partial charge in [-0.1, -0.05) is 32.9 Å². The summed E-state index contributed by atoms with van der Waals surface area (Å²) in [5, 5.41) is 8.93. The highest BCUT2D eigenvalue weighted by molar-refractivity contribution is 7.92. The van der Waals surface area contributed by atoms with Gasteiger partial charge in [0.2, 0.25) is 0 Å². The van der Waals surface area contributed by atoms with Gasteiger partial charge < -0.3 is 10.0 Å². The molecule has 0 aliphatic rings. The third-order valence-electron chi connectivity index (χ3n) is 4.51. The van der Waals surface area contributed by atoms with E-state index in [0.717, 1.165) is 5.56 Å². The molecular formula is C21H28N2O4S. The quantitative estimate of drug-likeness (QED) is 0.774. The highest BCUT2D eigenvalue weighted by atomic mass is 32.2. The van der Waals surface area contributed by atoms with E-state index < -0.39 is 10.0 Å². The SMILES string of the molecule is Cc1ccc(C(C)(C)C)cc1S(=O)(=O)Nc1ccc(C(=O)N(C)CCO)cc1. The molecule has 0 saturated heterocycles. The molecule has 0 atom stereocenters. The van der Waals surface area contributed by atoms with Crippen LogP contribution in [-0.4, -0.2) is 44.5 Å². The van der Waals surface area contributed by atoms with Crippen LogP contribution >= 0.6 is 0 Å². The number of nitrogens with zero attached hydrogens (tertiary/aromatic N) is 1. The van der Waals surface area contributed by atoms with Gasteiger partial charge in [-0.15, -0.1) is 0 Å². The summed E-state index contributed by atoms with van der Waals surface area (Å²) in [5.41, 5.74) is 2.23. The molecule has 0 radical (unpaired) electrons. The highest BCUT2D eigenvalue weighted by Gasteiger charge is 2.22. The lowest BCUT2D eigenvalue weighted by Crippen LogP contribution is -2.29. The van der Waals surface area contributed by atoms with Crippen LogP contribution in [0.4, 0.5) is 5.69 Å². The van der Waals surface area contributed by atoms with Crippen molar-refractivity contribution in [3.05, 3.63) is 59.2 Å². The molecule has 28 heavy (non-hydrogen) atoms. The molecule has 0 unspecified atom stereocenters. The van der Waals surface area contributed by atoms with E-state index in [0.29, 0.717) is 16.8 Å². The van der Waals surface area contributed by atoms with Crippen LogP contribution in [0.25, 0.3) is 0 Å². The van der Waals surface area contributed by atoms with Crippen molar-refractivity contribution in [3.8, 4) is 0 Å². The molecule has 0 aromatic heterocycles. The summed E-state index contributed by atoms with van der Waals surface area (Å²) in [5.74, 6) is -0.239. The molecule has 0 saturated carbocycles. The molecule has 0 fully saturated rings. The van der Waals surface area contributed by atoms with E-state index in [1.54, 1.807) is 44.3 Å². The zero-order valence-corrected chi connectivity index (χ0v) is 17.8. The third-order valence-corrected chi connectivity index (χ3v) is 6.03. The summed E-state index contributed by atoms with van der Waals surface area (Å²) in [7, 11) is -2.17. The van der Waals surface area contributed by atoms with Crippen molar-refractivity contribution in [3.63, 3.8) is 0 Å². The monoisotopic (exact) mass is 404 g/mol. The minimum atomic E-state index is -3.76. The molecule has 0 aliphatic carbocycles. The number of rotatable bonds is 6. The molecule has 0 bridgehead atoms. The number of anilines is 1. The summed E-state index contributed by atoms with van der Waals surface area (Å²) in [6.45, 7) is 7.98. The van der Waals surface area contributed by atoms with Gasteiger partial charge in [0.15, 0.2) is 0 Å². The maximum absolute atomic E-state index is 12.9. The lowest BCUT2D eigenvalue weighted by Gasteiger charge is -2.21. The van der Waals surface area contributed by atoms with Crippen LogP contribution in [0.15, 0.2) is 47.4 Å². The fourth-order valence-electron chi connectivity index (χ4n) is 2.72. The molecule has 152 valence electrons. The Morgan fingerprint density at radius 1 is 1.11 bits per heavy atom. The van der Waals surface area contributed by atoms with Gasteiger partial charge in [-0.25, -0.2) is 8.42 Å². The Labute approximate surface area is 167 Å². The van der Waals surface area contributed by atoms with E-state index in [2.05, 4.69) is 4.72 Å². The van der Waals surface area contributed by atoms with Crippen molar-refractivity contribution < 1.29 is 18.3 Å². The predicted octanol–water partition coefficient (Wildman–Crippen LogP) is 3.16. The first-order chi connectivity index (χ1) is 13.0. The van der Waals surface area contributed by atoms with Crippen LogP contribution < -0.4 is 4.72 Å². The van der Waals surface area contributed by atoms with Crippen LogP contribution in [0.1, 0.15) is 42.3 Å². The standard InChI is InChI=1S/C21H28N2O4S/c1-15-6-9-17(21(2,3)4)14-19(15)28(26,27)22-18-10-7-16(8-11-18)20(25)23(5)12-13-24/h6-11,14,22,24H,12-13H2,1-5H3. The molecule has 0 heterocycles. The average molecular weight is 405 g/mol. The van der Waals surface area contributed by atoms with Gasteiger partial charge in [-0.05, 0) is 53.8 Å². The van der Waals surface area contributed by atoms with E-state index in [9.17, 15) is 13.2 Å². The maximum atomic E-state index is 12.9. The predicted molar refractivity (Wildman–Crippen MR) is 111 cm³/mol. The Morgan fingerprint density at radius 2 is 1.71 bits per heavy atom. The second-order valence-electron chi connectivity index (χ2n) is 7.86. The Hall–Kier alpha value is -2.38. The van der Waals surface area contributed by atoms with Gasteiger partial charge in [-0.3, -0.25) is 9.52 Å². The Morgan fingerprint density at radius 3 is 2.25 bits per heavy atom. The number of sulfonamides is 1. The molecule has 2 N–H and O–H groups in total. The zero-order valence-electron chi connectivity index (χ0n) is 17.0. The van der Waals surface area contributed by atoms with E-state index in [4.69, 9.17) is 5.11 Å². The first kappa shape index (κ1) is 21.9. The van der Waals surface area contributed by atoms with E-state index in [1.165, 1.54) is 4.90 Å². The number of aliphatic hydroxyl groups excluding tert-OH is 1. The number of aliphatic hydroxyl groups is 1. The molecular weight excluding hydrogens is 376 g/mol. The van der Waals surface area contributed by atoms with Crippen molar-refractivity contribution in [2.45, 2.75) is 38.0 Å². The molecule has 2 aromatic carbocycles. The number of carbonyl (C=O) groups is 1. The lowest BCUT2D eigenvalue weighted by atomic mass is 9.87. The number of hydrogen-bond acceptors (Lipinski definition) is 4. The minimum absolute atomic E-state index is 0.118. The number of likely N-dealkylation sites (N-methyl/N-ethyl adjacent to an activating group) is 1. The smallest absolute Gasteiger partial charge is 0.262 e. The van der Waals surface area contributed by atoms with Gasteiger partial charge >= 0.3 is 0 Å². The fraction of sp³-hybridized carbons (Fsp3) is 0.381. The second-order valence-corrected chi connectivity index (χ2v) is 9.51. The number of amides is 1. The normalized spacial score (nSPS) is 11.9. The summed E-state index contributed by atoms with van der Waals surface area (Å²) in [6, 6.07) is 11.7. The van der Waals surface area contributed by atoms with Gasteiger partial charge in [0.25, 0.3) is 15.9 Å². The largest absolute Gasteiger partial charge is 0.395 e. The zero-order chi connectivity index (χ0) is 21.1. The van der Waals surface area contributed by atoms with Crippen LogP contribution in [0.5, 0.6) is 0 Å². The first-order valence-electron chi connectivity index (χ1n) is 9.06. The van der Waals surface area contributed by atoms with Gasteiger partial charge in [0.1, 0.15) is 0 Å². The number of aryl methyl sites for hydroxylation is 1. The van der Waals surface area contributed by atoms with E-state index in [1.807, 2.05) is 32.9 Å². The number of carbonyl (C=O) groups excluding carboxylic acids is 1. The second kappa shape index (κ2) is 8.32. The van der Waals surface area contributed by atoms with Crippen molar-refractivity contribution >= 4 is 21.6 Å². The van der Waals surface area contributed by atoms with Gasteiger partial charge in [0.05, 0.1) is 11.5 Å². The number of hydrogen-bond donors (Lipinski definition) is 2. The summed E-state index contributed by atoms with van der Waals surface area (Å²) in [6.07, 6.45) is 0. The molecule has 1 amide bonds. The maximum Gasteiger partial charge on any atom is 0.262 e. The van der Waals surface area contributed by atoms with Crippen molar-refractivity contribution in [1.82, 2.24) is 4.90 Å². The molecule has 6 nitrogen and oxygen atoms in total. The Balaban J connectivity index is 2.27. The van der Waals surface area contributed by atoms with Crippen LogP contribution in [0, 0.1) is 6.92 Å². The van der Waals surface area contributed by atoms with Crippen molar-refractivity contribution in [2.75, 3.05) is 24.9 Å². The highest BCUT2D eigenvalue weighted by Crippen LogP contribution is 2.27. The Bertz CT molecular complexity index is 945. The fourth-order valence-corrected chi connectivity index (χ4v) is 4.05. The summed E-state index contributed by atoms with van der Waals surface area (Å²) < 4.78 is 28.4. The summed E-state index contributed by atoms with van der Waals surface area (Å²) >= 11 is 0. The number of nitrogens with one attached hydrogen (secondary N) is 1. The average Bonchev–Trinajstić information content (AvgIpc) is 2.61. The van der Waals surface area contributed by atoms with Gasteiger partial charge in [-0.2, -0.15) is 0 Å². The lowest BCUT2D eigenvalue weighted by molar-refractivity contribution is 0.0767. The number of benzene rings is 2. The first-order valence-corrected chi connectivity index (χ1v) is 10.5. The van der Waals surface area contributed by atoms with Crippen LogP contribution in [0.2, 0.25) is 0 Å². The minimum Gasteiger partial charge on any atom is -0.395 e. The van der Waals surface area contributed by atoms with Crippen molar-refractivity contribution in [2.24, 2.45) is 0 Å². The topological polar surface area (TPSA) is 86.7 Å². The Kier molecular flexibility index (Phi) is 6.52. The van der Waals surface area contributed by atoms with Gasteiger partial charge in [0, 0.05) is 24.8 Å². The molecule has 0 aliphatic heterocycles. The van der Waals surface area contributed by atoms with E-state index >= 15 is 0 Å². The molecule has 7 heteroatoms. The van der Waals surface area contributed by atoms with E-state index in [-0.39, 0.29) is 29.4 Å². The third kappa shape index (κ3) is 5.11. The summed E-state index contributed by atoms with van der Waals surface area (Å²) in [4.78, 5) is 13.8.